The number of fused-ring (bicyclic) bond motifs is 1. The zero-order chi connectivity index (χ0) is 16.5. The Kier molecular flexibility index (Phi) is 3.81. The number of nitrogens with zero attached hydrogens (tertiary/aromatic N) is 8. The summed E-state index contributed by atoms with van der Waals surface area (Å²) in [7, 11) is 1.90. The summed E-state index contributed by atoms with van der Waals surface area (Å²) in [4.78, 5) is 22.3. The number of hydrogen-bond donors (Lipinski definition) is 0. The van der Waals surface area contributed by atoms with Gasteiger partial charge in [-0.3, -0.25) is 9.58 Å². The van der Waals surface area contributed by atoms with Crippen molar-refractivity contribution >= 4 is 16.9 Å². The molecule has 0 amide bonds. The van der Waals surface area contributed by atoms with E-state index in [1.165, 1.54) is 0 Å². The number of anilines is 1. The molecule has 0 saturated carbocycles. The maximum atomic E-state index is 4.48. The topological polar surface area (TPSA) is 75.9 Å². The fraction of sp³-hybridized carbons (Fsp3) is 0.438. The minimum Gasteiger partial charge on any atom is -0.353 e. The van der Waals surface area contributed by atoms with Crippen molar-refractivity contribution in [3.05, 3.63) is 36.3 Å². The zero-order valence-electron chi connectivity index (χ0n) is 13.9. The molecule has 8 heteroatoms. The third-order valence-corrected chi connectivity index (χ3v) is 4.38. The third-order valence-electron chi connectivity index (χ3n) is 4.38. The molecule has 1 aliphatic rings. The van der Waals surface area contributed by atoms with Crippen LogP contribution in [0.3, 0.4) is 0 Å². The molecule has 1 fully saturated rings. The van der Waals surface area contributed by atoms with Gasteiger partial charge in [0.25, 0.3) is 0 Å². The van der Waals surface area contributed by atoms with Gasteiger partial charge in [-0.05, 0) is 12.5 Å². The summed E-state index contributed by atoms with van der Waals surface area (Å²) in [5, 5.41) is 5.30. The molecule has 0 unspecified atom stereocenters. The average molecular weight is 324 g/mol. The lowest BCUT2D eigenvalue weighted by molar-refractivity contribution is 0.243. The summed E-state index contributed by atoms with van der Waals surface area (Å²) < 4.78 is 1.78. The molecule has 0 bridgehead atoms. The number of aromatic nitrogens is 6. The van der Waals surface area contributed by atoms with Gasteiger partial charge >= 0.3 is 0 Å². The predicted molar refractivity (Wildman–Crippen MR) is 90.6 cm³/mol. The Bertz CT molecular complexity index is 833. The Morgan fingerprint density at radius 1 is 0.958 bits per heavy atom. The molecule has 3 aromatic rings. The second-order valence-electron chi connectivity index (χ2n) is 6.14. The van der Waals surface area contributed by atoms with Gasteiger partial charge in [0.05, 0.1) is 18.1 Å². The van der Waals surface area contributed by atoms with Crippen molar-refractivity contribution in [2.45, 2.75) is 13.5 Å². The smallest absolute Gasteiger partial charge is 0.163 e. The van der Waals surface area contributed by atoms with Gasteiger partial charge in [0.15, 0.2) is 5.65 Å². The highest BCUT2D eigenvalue weighted by Gasteiger charge is 2.21. The Morgan fingerprint density at radius 2 is 1.71 bits per heavy atom. The SMILES string of the molecule is Cc1cnc(CN2CCN(c3ncnc4c3cnn4C)CC2)nc1. The first-order chi connectivity index (χ1) is 11.7. The van der Waals surface area contributed by atoms with Gasteiger partial charge in [0, 0.05) is 45.6 Å². The first kappa shape index (κ1) is 14.9. The molecular formula is C16H20N8. The molecule has 24 heavy (non-hydrogen) atoms. The molecule has 8 nitrogen and oxygen atoms in total. The van der Waals surface area contributed by atoms with E-state index in [4.69, 9.17) is 0 Å². The normalized spacial score (nSPS) is 16.0. The number of hydrogen-bond acceptors (Lipinski definition) is 7. The van der Waals surface area contributed by atoms with E-state index in [9.17, 15) is 0 Å². The van der Waals surface area contributed by atoms with Crippen LogP contribution in [0.5, 0.6) is 0 Å². The maximum absolute atomic E-state index is 4.48. The van der Waals surface area contributed by atoms with E-state index < -0.39 is 0 Å². The number of aryl methyl sites for hydroxylation is 2. The van der Waals surface area contributed by atoms with Crippen LogP contribution in [0, 0.1) is 6.92 Å². The van der Waals surface area contributed by atoms with Crippen LogP contribution in [0.2, 0.25) is 0 Å². The Hall–Kier alpha value is -2.61. The summed E-state index contributed by atoms with van der Waals surface area (Å²) >= 11 is 0. The zero-order valence-corrected chi connectivity index (χ0v) is 13.9. The van der Waals surface area contributed by atoms with Crippen LogP contribution in [0.4, 0.5) is 5.82 Å². The van der Waals surface area contributed by atoms with E-state index in [2.05, 4.69) is 34.8 Å². The molecule has 0 atom stereocenters. The summed E-state index contributed by atoms with van der Waals surface area (Å²) in [5.41, 5.74) is 1.96. The summed E-state index contributed by atoms with van der Waals surface area (Å²) in [6, 6.07) is 0. The van der Waals surface area contributed by atoms with Crippen molar-refractivity contribution in [3.8, 4) is 0 Å². The molecule has 4 heterocycles. The quantitative estimate of drug-likeness (QED) is 0.705. The van der Waals surface area contributed by atoms with Crippen LogP contribution in [0.15, 0.2) is 24.9 Å². The van der Waals surface area contributed by atoms with Crippen molar-refractivity contribution in [1.82, 2.24) is 34.6 Å². The van der Waals surface area contributed by atoms with Crippen molar-refractivity contribution in [2.75, 3.05) is 31.1 Å². The van der Waals surface area contributed by atoms with Crippen molar-refractivity contribution < 1.29 is 0 Å². The monoisotopic (exact) mass is 324 g/mol. The van der Waals surface area contributed by atoms with Gasteiger partial charge in [-0.15, -0.1) is 0 Å². The lowest BCUT2D eigenvalue weighted by Gasteiger charge is -2.35. The second kappa shape index (κ2) is 6.12. The lowest BCUT2D eigenvalue weighted by Crippen LogP contribution is -2.46. The van der Waals surface area contributed by atoms with Crippen molar-refractivity contribution in [2.24, 2.45) is 7.05 Å². The van der Waals surface area contributed by atoms with Gasteiger partial charge in [-0.2, -0.15) is 5.10 Å². The van der Waals surface area contributed by atoms with Gasteiger partial charge < -0.3 is 4.90 Å². The van der Waals surface area contributed by atoms with Crippen LogP contribution in [-0.2, 0) is 13.6 Å². The standard InChI is InChI=1S/C16H20N8/c1-12-7-17-14(18-8-12)10-23-3-5-24(6-4-23)16-13-9-21-22(2)15(13)19-11-20-16/h7-9,11H,3-6,10H2,1-2H3. The van der Waals surface area contributed by atoms with Gasteiger partial charge in [-0.25, -0.2) is 19.9 Å². The fourth-order valence-corrected chi connectivity index (χ4v) is 3.02. The highest BCUT2D eigenvalue weighted by atomic mass is 15.3. The highest BCUT2D eigenvalue weighted by molar-refractivity contribution is 5.86. The molecule has 1 aliphatic heterocycles. The lowest BCUT2D eigenvalue weighted by atomic mass is 10.2. The Morgan fingerprint density at radius 3 is 2.46 bits per heavy atom. The first-order valence-corrected chi connectivity index (χ1v) is 8.08. The van der Waals surface area contributed by atoms with E-state index in [0.717, 1.165) is 61.0 Å². The van der Waals surface area contributed by atoms with Crippen LogP contribution in [0.1, 0.15) is 11.4 Å². The summed E-state index contributed by atoms with van der Waals surface area (Å²) in [6.07, 6.45) is 7.21. The molecule has 0 N–H and O–H groups in total. The number of piperazine rings is 1. The Labute approximate surface area is 140 Å². The predicted octanol–water partition coefficient (Wildman–Crippen LogP) is 0.784. The Balaban J connectivity index is 1.44. The van der Waals surface area contributed by atoms with E-state index in [1.54, 1.807) is 11.0 Å². The highest BCUT2D eigenvalue weighted by Crippen LogP contribution is 2.23. The molecule has 4 rings (SSSR count). The first-order valence-electron chi connectivity index (χ1n) is 8.08. The fourth-order valence-electron chi connectivity index (χ4n) is 3.02. The molecule has 0 aliphatic carbocycles. The van der Waals surface area contributed by atoms with Crippen LogP contribution in [0.25, 0.3) is 11.0 Å². The maximum Gasteiger partial charge on any atom is 0.163 e. The minimum atomic E-state index is 0.792. The van der Waals surface area contributed by atoms with E-state index in [0.29, 0.717) is 0 Å². The van der Waals surface area contributed by atoms with Crippen LogP contribution >= 0.6 is 0 Å². The molecule has 1 saturated heterocycles. The molecule has 0 radical (unpaired) electrons. The number of rotatable bonds is 3. The molecule has 124 valence electrons. The molecule has 0 aromatic carbocycles. The summed E-state index contributed by atoms with van der Waals surface area (Å²) in [5.74, 6) is 1.85. The van der Waals surface area contributed by atoms with E-state index in [1.807, 2.05) is 32.6 Å². The van der Waals surface area contributed by atoms with Crippen LogP contribution < -0.4 is 4.90 Å². The molecular weight excluding hydrogens is 304 g/mol. The van der Waals surface area contributed by atoms with Crippen molar-refractivity contribution in [1.29, 1.82) is 0 Å². The molecule has 0 spiro atoms. The van der Waals surface area contributed by atoms with Gasteiger partial charge in [0.1, 0.15) is 18.0 Å². The van der Waals surface area contributed by atoms with Crippen LogP contribution in [-0.4, -0.2) is 60.8 Å². The van der Waals surface area contributed by atoms with E-state index >= 15 is 0 Å². The average Bonchev–Trinajstić information content (AvgIpc) is 2.99. The van der Waals surface area contributed by atoms with Crippen molar-refractivity contribution in [3.63, 3.8) is 0 Å². The van der Waals surface area contributed by atoms with Gasteiger partial charge in [-0.1, -0.05) is 0 Å². The minimum absolute atomic E-state index is 0.792. The third kappa shape index (κ3) is 2.80. The largest absolute Gasteiger partial charge is 0.353 e. The molecule has 3 aromatic heterocycles. The second-order valence-corrected chi connectivity index (χ2v) is 6.14. The van der Waals surface area contributed by atoms with E-state index in [-0.39, 0.29) is 0 Å². The summed E-state index contributed by atoms with van der Waals surface area (Å²) in [6.45, 7) is 6.56. The van der Waals surface area contributed by atoms with Gasteiger partial charge in [0.2, 0.25) is 0 Å².